The molecular weight excluding hydrogens is 420 g/mol. The minimum atomic E-state index is -0.139. The van der Waals surface area contributed by atoms with Gasteiger partial charge in [0.25, 0.3) is 0 Å². The van der Waals surface area contributed by atoms with Crippen molar-refractivity contribution in [2.75, 3.05) is 26.3 Å². The number of hydrogen-bond acceptors (Lipinski definition) is 6. The molecule has 0 atom stereocenters. The molecule has 0 spiro atoms. The summed E-state index contributed by atoms with van der Waals surface area (Å²) < 4.78 is 8.21. The van der Waals surface area contributed by atoms with Gasteiger partial charge in [-0.1, -0.05) is 6.07 Å². The molecule has 6 nitrogen and oxygen atoms in total. The van der Waals surface area contributed by atoms with Gasteiger partial charge in [-0.15, -0.1) is 11.8 Å². The lowest BCUT2D eigenvalue weighted by Gasteiger charge is -2.41. The predicted molar refractivity (Wildman–Crippen MR) is 128 cm³/mol. The minimum Gasteiger partial charge on any atom is -0.491 e. The van der Waals surface area contributed by atoms with Gasteiger partial charge in [0.05, 0.1) is 24.4 Å². The molecule has 0 radical (unpaired) electrons. The van der Waals surface area contributed by atoms with E-state index in [-0.39, 0.29) is 12.1 Å². The van der Waals surface area contributed by atoms with Gasteiger partial charge in [0.2, 0.25) is 0 Å². The van der Waals surface area contributed by atoms with Gasteiger partial charge < -0.3 is 14.4 Å². The number of fused-ring (bicyclic) bond motifs is 3. The maximum atomic E-state index is 9.67. The summed E-state index contributed by atoms with van der Waals surface area (Å²) >= 11 is 1.95. The zero-order chi connectivity index (χ0) is 22.1. The van der Waals surface area contributed by atoms with Crippen LogP contribution in [0.25, 0.3) is 22.8 Å². The third-order valence-corrected chi connectivity index (χ3v) is 7.80. The largest absolute Gasteiger partial charge is 0.491 e. The van der Waals surface area contributed by atoms with Crippen molar-refractivity contribution >= 4 is 11.8 Å². The van der Waals surface area contributed by atoms with E-state index in [4.69, 9.17) is 9.72 Å². The summed E-state index contributed by atoms with van der Waals surface area (Å²) in [5, 5.41) is 10.2. The molecule has 0 unspecified atom stereocenters. The maximum Gasteiger partial charge on any atom is 0.144 e. The van der Waals surface area contributed by atoms with E-state index in [1.54, 1.807) is 6.20 Å². The molecular formula is C25H30N4O2S. The number of benzene rings is 1. The van der Waals surface area contributed by atoms with Crippen molar-refractivity contribution in [2.24, 2.45) is 0 Å². The second-order valence-corrected chi connectivity index (χ2v) is 10.5. The SMILES string of the molecule is CC(C)(CO)N1CCC(Sc2ccc3c(c2)-c2nc(-c4ccccn4)cn2CCO3)CC1. The topological polar surface area (TPSA) is 63.4 Å². The molecule has 7 heteroatoms. The Labute approximate surface area is 193 Å². The normalized spacial score (nSPS) is 17.3. The number of aliphatic hydroxyl groups is 1. The van der Waals surface area contributed by atoms with E-state index < -0.39 is 0 Å². The summed E-state index contributed by atoms with van der Waals surface area (Å²) in [7, 11) is 0. The van der Waals surface area contributed by atoms with Gasteiger partial charge in [-0.25, -0.2) is 4.98 Å². The summed E-state index contributed by atoms with van der Waals surface area (Å²) in [5.41, 5.74) is 2.69. The van der Waals surface area contributed by atoms with Gasteiger partial charge in [0.15, 0.2) is 0 Å². The Morgan fingerprint density at radius 2 is 1.97 bits per heavy atom. The van der Waals surface area contributed by atoms with Gasteiger partial charge >= 0.3 is 0 Å². The Balaban J connectivity index is 1.36. The Morgan fingerprint density at radius 1 is 1.12 bits per heavy atom. The molecule has 2 aliphatic heterocycles. The monoisotopic (exact) mass is 450 g/mol. The van der Waals surface area contributed by atoms with Crippen molar-refractivity contribution in [3.63, 3.8) is 0 Å². The lowest BCUT2D eigenvalue weighted by Crippen LogP contribution is -2.50. The van der Waals surface area contributed by atoms with Crippen LogP contribution in [0, 0.1) is 0 Å². The third kappa shape index (κ3) is 4.29. The van der Waals surface area contributed by atoms with Gasteiger partial charge in [-0.3, -0.25) is 9.88 Å². The van der Waals surface area contributed by atoms with Crippen LogP contribution in [0.1, 0.15) is 26.7 Å². The van der Waals surface area contributed by atoms with E-state index in [0.717, 1.165) is 61.0 Å². The molecule has 1 aromatic carbocycles. The first-order chi connectivity index (χ1) is 15.5. The van der Waals surface area contributed by atoms with Crippen LogP contribution in [0.15, 0.2) is 53.7 Å². The zero-order valence-electron chi connectivity index (χ0n) is 18.7. The molecule has 1 fully saturated rings. The Kier molecular flexibility index (Phi) is 5.97. The summed E-state index contributed by atoms with van der Waals surface area (Å²) in [6, 6.07) is 12.4. The van der Waals surface area contributed by atoms with Crippen molar-refractivity contribution in [3.05, 3.63) is 48.8 Å². The average Bonchev–Trinajstić information content (AvgIpc) is 3.17. The number of aliphatic hydroxyl groups excluding tert-OH is 1. The van der Waals surface area contributed by atoms with Crippen LogP contribution in [-0.4, -0.2) is 61.6 Å². The van der Waals surface area contributed by atoms with Crippen LogP contribution in [0.5, 0.6) is 5.75 Å². The molecule has 2 aromatic heterocycles. The van der Waals surface area contributed by atoms with E-state index in [1.807, 2.05) is 30.0 Å². The van der Waals surface area contributed by atoms with E-state index in [2.05, 4.69) is 52.7 Å². The summed E-state index contributed by atoms with van der Waals surface area (Å²) in [5.74, 6) is 1.84. The molecule has 3 aromatic rings. The quantitative estimate of drug-likeness (QED) is 0.624. The van der Waals surface area contributed by atoms with Crippen molar-refractivity contribution < 1.29 is 9.84 Å². The van der Waals surface area contributed by atoms with Crippen molar-refractivity contribution in [1.29, 1.82) is 0 Å². The molecule has 0 bridgehead atoms. The Morgan fingerprint density at radius 3 is 2.72 bits per heavy atom. The molecule has 168 valence electrons. The van der Waals surface area contributed by atoms with Gasteiger partial charge in [0, 0.05) is 28.1 Å². The number of likely N-dealkylation sites (tertiary alicyclic amines) is 1. The second-order valence-electron chi connectivity index (χ2n) is 9.14. The Bertz CT molecular complexity index is 1070. The highest BCUT2D eigenvalue weighted by atomic mass is 32.2. The number of rotatable bonds is 5. The number of ether oxygens (including phenoxy) is 1. The molecule has 5 rings (SSSR count). The molecule has 0 aliphatic carbocycles. The number of hydrogen-bond donors (Lipinski definition) is 1. The number of pyridine rings is 1. The van der Waals surface area contributed by atoms with E-state index >= 15 is 0 Å². The highest BCUT2D eigenvalue weighted by Crippen LogP contribution is 2.39. The molecule has 0 amide bonds. The van der Waals surface area contributed by atoms with Crippen molar-refractivity contribution in [1.82, 2.24) is 19.4 Å². The maximum absolute atomic E-state index is 9.67. The minimum absolute atomic E-state index is 0.139. The lowest BCUT2D eigenvalue weighted by atomic mass is 9.99. The first-order valence-corrected chi connectivity index (χ1v) is 12.2. The first kappa shape index (κ1) is 21.5. The molecule has 1 saturated heterocycles. The van der Waals surface area contributed by atoms with Crippen molar-refractivity contribution in [3.8, 4) is 28.5 Å². The Hall–Kier alpha value is -2.35. The number of piperidine rings is 1. The van der Waals surface area contributed by atoms with Crippen LogP contribution in [0.3, 0.4) is 0 Å². The van der Waals surface area contributed by atoms with Crippen LogP contribution >= 0.6 is 11.8 Å². The van der Waals surface area contributed by atoms with Crippen LogP contribution in [-0.2, 0) is 6.54 Å². The molecule has 4 heterocycles. The van der Waals surface area contributed by atoms with Crippen LogP contribution in [0.4, 0.5) is 0 Å². The number of thioether (sulfide) groups is 1. The van der Waals surface area contributed by atoms with Gasteiger partial charge in [-0.2, -0.15) is 0 Å². The van der Waals surface area contributed by atoms with Crippen molar-refractivity contribution in [2.45, 2.75) is 48.9 Å². The highest BCUT2D eigenvalue weighted by Gasteiger charge is 2.30. The van der Waals surface area contributed by atoms with Gasteiger partial charge in [0.1, 0.15) is 23.9 Å². The number of aromatic nitrogens is 3. The third-order valence-electron chi connectivity index (χ3n) is 6.47. The lowest BCUT2D eigenvalue weighted by molar-refractivity contribution is 0.0437. The molecule has 2 aliphatic rings. The molecule has 0 saturated carbocycles. The fourth-order valence-corrected chi connectivity index (χ4v) is 5.61. The zero-order valence-corrected chi connectivity index (χ0v) is 19.5. The van der Waals surface area contributed by atoms with E-state index in [0.29, 0.717) is 11.9 Å². The summed E-state index contributed by atoms with van der Waals surface area (Å²) in [6.45, 7) is 7.88. The standard InChI is InChI=1S/C25H30N4O2S/c1-25(2,17-30)29-11-8-18(9-12-29)32-19-6-7-23-20(15-19)24-27-22(16-28(24)13-14-31-23)21-5-3-4-10-26-21/h3-7,10,15-16,18,30H,8-9,11-14,17H2,1-2H3. The molecule has 1 N–H and O–H groups in total. The molecule has 32 heavy (non-hydrogen) atoms. The fraction of sp³-hybridized carbons (Fsp3) is 0.440. The second kappa shape index (κ2) is 8.89. The van der Waals surface area contributed by atoms with E-state index in [9.17, 15) is 5.11 Å². The summed E-state index contributed by atoms with van der Waals surface area (Å²) in [4.78, 5) is 13.1. The van der Waals surface area contributed by atoms with Crippen LogP contribution in [0.2, 0.25) is 0 Å². The van der Waals surface area contributed by atoms with E-state index in [1.165, 1.54) is 4.90 Å². The van der Waals surface area contributed by atoms with Gasteiger partial charge in [-0.05, 0) is 70.1 Å². The average molecular weight is 451 g/mol. The predicted octanol–water partition coefficient (Wildman–Crippen LogP) is 4.33. The number of imidazole rings is 1. The number of nitrogens with zero attached hydrogens (tertiary/aromatic N) is 4. The first-order valence-electron chi connectivity index (χ1n) is 11.3. The highest BCUT2D eigenvalue weighted by molar-refractivity contribution is 8.00. The van der Waals surface area contributed by atoms with Crippen LogP contribution < -0.4 is 4.74 Å². The smallest absolute Gasteiger partial charge is 0.144 e. The summed E-state index contributed by atoms with van der Waals surface area (Å²) in [6.07, 6.45) is 6.13. The fourth-order valence-electron chi connectivity index (χ4n) is 4.45.